The van der Waals surface area contributed by atoms with E-state index in [1.54, 1.807) is 25.2 Å². The van der Waals surface area contributed by atoms with Gasteiger partial charge in [0.25, 0.3) is 5.91 Å². The Morgan fingerprint density at radius 3 is 2.37 bits per heavy atom. The Morgan fingerprint density at radius 1 is 1.16 bits per heavy atom. The van der Waals surface area contributed by atoms with E-state index in [1.165, 1.54) is 12.4 Å². The Morgan fingerprint density at radius 2 is 1.84 bits per heavy atom. The van der Waals surface area contributed by atoms with Crippen molar-refractivity contribution in [2.24, 2.45) is 0 Å². The molecular weight excluding hydrogens is 287 g/mol. The summed E-state index contributed by atoms with van der Waals surface area (Å²) in [5.74, 6) is 0.150. The molecule has 1 amide bonds. The molecule has 98 valence electrons. The van der Waals surface area contributed by atoms with E-state index < -0.39 is 5.91 Å². The molecular formula is C12H10Cl2N4O. The summed E-state index contributed by atoms with van der Waals surface area (Å²) < 4.78 is 0. The first-order valence-electron chi connectivity index (χ1n) is 5.37. The molecule has 19 heavy (non-hydrogen) atoms. The highest BCUT2D eigenvalue weighted by Crippen LogP contribution is 2.29. The highest BCUT2D eigenvalue weighted by Gasteiger charge is 2.12. The standard InChI is InChI=1S/C12H10Cl2N4O/c1-15-10-6-16-9(5-17-10)12(19)18-11-7(13)3-2-4-8(11)14/h2-6H,1H3,(H,15,17)(H,18,19). The predicted molar refractivity (Wildman–Crippen MR) is 76.0 cm³/mol. The van der Waals surface area contributed by atoms with Crippen LogP contribution in [0.25, 0.3) is 0 Å². The van der Waals surface area contributed by atoms with Crippen molar-refractivity contribution in [1.29, 1.82) is 0 Å². The number of amides is 1. The molecule has 1 aromatic carbocycles. The lowest BCUT2D eigenvalue weighted by Gasteiger charge is -2.08. The fourth-order valence-electron chi connectivity index (χ4n) is 1.37. The number of carbonyl (C=O) groups excluding carboxylic acids is 1. The number of halogens is 2. The molecule has 0 saturated carbocycles. The van der Waals surface area contributed by atoms with E-state index in [9.17, 15) is 4.79 Å². The van der Waals surface area contributed by atoms with Gasteiger partial charge in [0, 0.05) is 7.05 Å². The van der Waals surface area contributed by atoms with E-state index in [4.69, 9.17) is 23.2 Å². The summed E-state index contributed by atoms with van der Waals surface area (Å²) >= 11 is 11.9. The van der Waals surface area contributed by atoms with Crippen molar-refractivity contribution in [2.45, 2.75) is 0 Å². The molecule has 1 heterocycles. The molecule has 0 saturated heterocycles. The second kappa shape index (κ2) is 5.86. The van der Waals surface area contributed by atoms with Crippen molar-refractivity contribution in [3.05, 3.63) is 46.3 Å². The van der Waals surface area contributed by atoms with Crippen molar-refractivity contribution in [1.82, 2.24) is 9.97 Å². The fraction of sp³-hybridized carbons (Fsp3) is 0.0833. The number of rotatable bonds is 3. The zero-order chi connectivity index (χ0) is 13.8. The van der Waals surface area contributed by atoms with Crippen LogP contribution < -0.4 is 10.6 Å². The van der Waals surface area contributed by atoms with Gasteiger partial charge >= 0.3 is 0 Å². The highest BCUT2D eigenvalue weighted by atomic mass is 35.5. The van der Waals surface area contributed by atoms with Crippen LogP contribution in [0.15, 0.2) is 30.6 Å². The molecule has 0 spiro atoms. The molecule has 0 fully saturated rings. The van der Waals surface area contributed by atoms with E-state index >= 15 is 0 Å². The first-order valence-corrected chi connectivity index (χ1v) is 6.12. The third-order valence-electron chi connectivity index (χ3n) is 2.34. The molecule has 0 radical (unpaired) electrons. The minimum Gasteiger partial charge on any atom is -0.372 e. The Labute approximate surface area is 120 Å². The van der Waals surface area contributed by atoms with Crippen LogP contribution in [0, 0.1) is 0 Å². The highest BCUT2D eigenvalue weighted by molar-refractivity contribution is 6.39. The van der Waals surface area contributed by atoms with Crippen LogP contribution in [0.4, 0.5) is 11.5 Å². The number of nitrogens with zero attached hydrogens (tertiary/aromatic N) is 2. The number of hydrogen-bond acceptors (Lipinski definition) is 4. The Hall–Kier alpha value is -1.85. The zero-order valence-corrected chi connectivity index (χ0v) is 11.5. The lowest BCUT2D eigenvalue weighted by atomic mass is 10.3. The first kappa shape index (κ1) is 13.6. The van der Waals surface area contributed by atoms with Crippen LogP contribution >= 0.6 is 23.2 Å². The summed E-state index contributed by atoms with van der Waals surface area (Å²) in [4.78, 5) is 20.0. The smallest absolute Gasteiger partial charge is 0.275 e. The SMILES string of the molecule is CNc1cnc(C(=O)Nc2c(Cl)cccc2Cl)cn1. The van der Waals surface area contributed by atoms with Crippen molar-refractivity contribution < 1.29 is 4.79 Å². The van der Waals surface area contributed by atoms with Crippen LogP contribution in [0.2, 0.25) is 10.0 Å². The maximum atomic E-state index is 12.0. The summed E-state index contributed by atoms with van der Waals surface area (Å²) in [5, 5.41) is 6.14. The normalized spacial score (nSPS) is 10.1. The van der Waals surface area contributed by atoms with Gasteiger partial charge in [-0.15, -0.1) is 0 Å². The molecule has 0 aliphatic carbocycles. The van der Waals surface area contributed by atoms with E-state index in [0.717, 1.165) is 0 Å². The van der Waals surface area contributed by atoms with Gasteiger partial charge in [0.15, 0.2) is 0 Å². The molecule has 0 unspecified atom stereocenters. The summed E-state index contributed by atoms with van der Waals surface area (Å²) in [6.45, 7) is 0. The summed E-state index contributed by atoms with van der Waals surface area (Å²) in [5.41, 5.74) is 0.533. The first-order chi connectivity index (χ1) is 9.11. The van der Waals surface area contributed by atoms with Crippen molar-refractivity contribution >= 4 is 40.6 Å². The maximum absolute atomic E-state index is 12.0. The van der Waals surface area contributed by atoms with Gasteiger partial charge < -0.3 is 10.6 Å². The van der Waals surface area contributed by atoms with Gasteiger partial charge in [-0.05, 0) is 12.1 Å². The number of aromatic nitrogens is 2. The number of anilines is 2. The predicted octanol–water partition coefficient (Wildman–Crippen LogP) is 3.08. The molecule has 0 atom stereocenters. The number of carbonyl (C=O) groups is 1. The van der Waals surface area contributed by atoms with Gasteiger partial charge in [-0.3, -0.25) is 4.79 Å². The Bertz CT molecular complexity index is 581. The molecule has 0 bridgehead atoms. The lowest BCUT2D eigenvalue weighted by molar-refractivity contribution is 0.102. The zero-order valence-electron chi connectivity index (χ0n) is 9.95. The largest absolute Gasteiger partial charge is 0.372 e. The van der Waals surface area contributed by atoms with Crippen LogP contribution in [0.1, 0.15) is 10.5 Å². The monoisotopic (exact) mass is 296 g/mol. The second-order valence-corrected chi connectivity index (χ2v) is 4.40. The van der Waals surface area contributed by atoms with E-state index in [0.29, 0.717) is 21.6 Å². The second-order valence-electron chi connectivity index (χ2n) is 3.59. The van der Waals surface area contributed by atoms with Gasteiger partial charge in [-0.25, -0.2) is 9.97 Å². The van der Waals surface area contributed by atoms with Gasteiger partial charge in [-0.1, -0.05) is 29.3 Å². The summed E-state index contributed by atoms with van der Waals surface area (Å²) in [6, 6.07) is 4.97. The fourth-order valence-corrected chi connectivity index (χ4v) is 1.86. The molecule has 5 nitrogen and oxygen atoms in total. The van der Waals surface area contributed by atoms with E-state index in [1.807, 2.05) is 0 Å². The topological polar surface area (TPSA) is 66.9 Å². The van der Waals surface area contributed by atoms with Crippen LogP contribution in [-0.2, 0) is 0 Å². The molecule has 7 heteroatoms. The molecule has 0 aliphatic rings. The number of para-hydroxylation sites is 1. The van der Waals surface area contributed by atoms with Gasteiger partial charge in [0.2, 0.25) is 0 Å². The number of hydrogen-bond donors (Lipinski definition) is 2. The van der Waals surface area contributed by atoms with Crippen molar-refractivity contribution in [2.75, 3.05) is 17.7 Å². The summed E-state index contributed by atoms with van der Waals surface area (Å²) in [7, 11) is 1.72. The number of nitrogens with one attached hydrogen (secondary N) is 2. The van der Waals surface area contributed by atoms with Crippen molar-refractivity contribution in [3.8, 4) is 0 Å². The average Bonchev–Trinajstić information content (AvgIpc) is 2.43. The van der Waals surface area contributed by atoms with E-state index in [-0.39, 0.29) is 5.69 Å². The Balaban J connectivity index is 2.20. The summed E-state index contributed by atoms with van der Waals surface area (Å²) in [6.07, 6.45) is 2.83. The molecule has 2 rings (SSSR count). The van der Waals surface area contributed by atoms with Gasteiger partial charge in [0.05, 0.1) is 28.1 Å². The quantitative estimate of drug-likeness (QED) is 0.913. The molecule has 2 N–H and O–H groups in total. The minimum absolute atomic E-state index is 0.176. The van der Waals surface area contributed by atoms with Crippen LogP contribution in [-0.4, -0.2) is 22.9 Å². The minimum atomic E-state index is -0.426. The lowest BCUT2D eigenvalue weighted by Crippen LogP contribution is -2.14. The van der Waals surface area contributed by atoms with E-state index in [2.05, 4.69) is 20.6 Å². The van der Waals surface area contributed by atoms with Crippen LogP contribution in [0.5, 0.6) is 0 Å². The third-order valence-corrected chi connectivity index (χ3v) is 2.97. The van der Waals surface area contributed by atoms with Gasteiger partial charge in [0.1, 0.15) is 11.5 Å². The van der Waals surface area contributed by atoms with Gasteiger partial charge in [-0.2, -0.15) is 0 Å². The maximum Gasteiger partial charge on any atom is 0.275 e. The third kappa shape index (κ3) is 3.13. The average molecular weight is 297 g/mol. The number of benzene rings is 1. The Kier molecular flexibility index (Phi) is 4.19. The molecule has 1 aromatic heterocycles. The van der Waals surface area contributed by atoms with Crippen LogP contribution in [0.3, 0.4) is 0 Å². The van der Waals surface area contributed by atoms with Crippen molar-refractivity contribution in [3.63, 3.8) is 0 Å². The molecule has 2 aromatic rings. The molecule has 0 aliphatic heterocycles.